The van der Waals surface area contributed by atoms with Gasteiger partial charge in [-0.2, -0.15) is 5.10 Å². The van der Waals surface area contributed by atoms with E-state index in [9.17, 15) is 9.59 Å². The molecule has 0 unspecified atom stereocenters. The maximum absolute atomic E-state index is 10.9. The van der Waals surface area contributed by atoms with Gasteiger partial charge in [-0.1, -0.05) is 0 Å². The van der Waals surface area contributed by atoms with Crippen LogP contribution in [0.25, 0.3) is 0 Å². The molecule has 0 radical (unpaired) electrons. The summed E-state index contributed by atoms with van der Waals surface area (Å²) in [6.45, 7) is 0. The van der Waals surface area contributed by atoms with Gasteiger partial charge in [0.1, 0.15) is 5.84 Å². The summed E-state index contributed by atoms with van der Waals surface area (Å²) in [6, 6.07) is -0.495. The van der Waals surface area contributed by atoms with Crippen molar-refractivity contribution in [2.45, 2.75) is 6.42 Å². The van der Waals surface area contributed by atoms with E-state index >= 15 is 0 Å². The minimum atomic E-state index is -0.495. The standard InChI is InChI=1S/C5H8N4O2/c1-9-4(10)2-3(8-6)7-5(9)11/h2,6H2,1H3,(H,7,8,11). The molecular weight excluding hydrogens is 148 g/mol. The molecule has 1 aliphatic heterocycles. The lowest BCUT2D eigenvalue weighted by Gasteiger charge is -2.21. The quantitative estimate of drug-likeness (QED) is 0.342. The SMILES string of the molecule is CN1C(=O)C/C(=N/N)NC1=O. The second-order valence-electron chi connectivity index (χ2n) is 2.14. The summed E-state index contributed by atoms with van der Waals surface area (Å²) in [6.07, 6.45) is 0.0543. The van der Waals surface area contributed by atoms with Gasteiger partial charge in [-0.3, -0.25) is 15.0 Å². The van der Waals surface area contributed by atoms with Crippen LogP contribution < -0.4 is 11.2 Å². The van der Waals surface area contributed by atoms with Crippen LogP contribution in [0.15, 0.2) is 5.10 Å². The number of hydrazone groups is 1. The van der Waals surface area contributed by atoms with E-state index < -0.39 is 6.03 Å². The van der Waals surface area contributed by atoms with Crippen molar-refractivity contribution in [2.24, 2.45) is 10.9 Å². The lowest BCUT2D eigenvalue weighted by Crippen LogP contribution is -2.51. The van der Waals surface area contributed by atoms with Crippen molar-refractivity contribution in [1.82, 2.24) is 10.2 Å². The number of imide groups is 1. The number of amides is 3. The van der Waals surface area contributed by atoms with Crippen molar-refractivity contribution in [3.8, 4) is 0 Å². The Morgan fingerprint density at radius 2 is 2.27 bits per heavy atom. The van der Waals surface area contributed by atoms with Crippen molar-refractivity contribution < 1.29 is 9.59 Å². The number of carbonyl (C=O) groups excluding carboxylic acids is 2. The van der Waals surface area contributed by atoms with E-state index in [4.69, 9.17) is 5.84 Å². The van der Waals surface area contributed by atoms with Gasteiger partial charge in [0.15, 0.2) is 0 Å². The van der Waals surface area contributed by atoms with Gasteiger partial charge in [0.25, 0.3) is 0 Å². The summed E-state index contributed by atoms with van der Waals surface area (Å²) in [5, 5.41) is 5.56. The first-order valence-electron chi connectivity index (χ1n) is 2.99. The number of nitrogens with two attached hydrogens (primary N) is 1. The molecule has 1 heterocycles. The minimum Gasteiger partial charge on any atom is -0.322 e. The van der Waals surface area contributed by atoms with Gasteiger partial charge in [-0.05, 0) is 0 Å². The second-order valence-corrected chi connectivity index (χ2v) is 2.14. The summed E-state index contributed by atoms with van der Waals surface area (Å²) in [4.78, 5) is 22.7. The van der Waals surface area contributed by atoms with Crippen molar-refractivity contribution in [1.29, 1.82) is 0 Å². The molecule has 11 heavy (non-hydrogen) atoms. The highest BCUT2D eigenvalue weighted by Crippen LogP contribution is 1.99. The lowest BCUT2D eigenvalue weighted by atomic mass is 10.3. The molecule has 6 nitrogen and oxygen atoms in total. The number of hydrogen-bond donors (Lipinski definition) is 2. The largest absolute Gasteiger partial charge is 0.329 e. The molecule has 0 spiro atoms. The van der Waals surface area contributed by atoms with Gasteiger partial charge < -0.3 is 5.84 Å². The van der Waals surface area contributed by atoms with E-state index in [1.807, 2.05) is 0 Å². The first-order valence-corrected chi connectivity index (χ1v) is 2.99. The molecule has 1 rings (SSSR count). The molecule has 3 amide bonds. The number of urea groups is 1. The Kier molecular flexibility index (Phi) is 1.75. The van der Waals surface area contributed by atoms with Crippen molar-refractivity contribution in [3.63, 3.8) is 0 Å². The van der Waals surface area contributed by atoms with Gasteiger partial charge in [-0.15, -0.1) is 0 Å². The fourth-order valence-electron chi connectivity index (χ4n) is 0.704. The molecule has 0 saturated carbocycles. The maximum Gasteiger partial charge on any atom is 0.329 e. The highest BCUT2D eigenvalue weighted by Gasteiger charge is 2.25. The monoisotopic (exact) mass is 156 g/mol. The van der Waals surface area contributed by atoms with Gasteiger partial charge >= 0.3 is 6.03 Å². The molecule has 0 bridgehead atoms. The minimum absolute atomic E-state index is 0.0543. The Labute approximate surface area is 63.0 Å². The first-order chi connectivity index (χ1) is 5.15. The molecule has 0 aromatic rings. The van der Waals surface area contributed by atoms with Crippen LogP contribution in [0.1, 0.15) is 6.42 Å². The van der Waals surface area contributed by atoms with Gasteiger partial charge in [-0.25, -0.2) is 4.79 Å². The summed E-state index contributed by atoms with van der Waals surface area (Å²) in [5.41, 5.74) is 0. The Balaban J connectivity index is 2.78. The van der Waals surface area contributed by atoms with E-state index in [0.717, 1.165) is 4.90 Å². The molecule has 0 atom stereocenters. The average molecular weight is 156 g/mol. The lowest BCUT2D eigenvalue weighted by molar-refractivity contribution is -0.126. The fourth-order valence-corrected chi connectivity index (χ4v) is 0.704. The topological polar surface area (TPSA) is 87.8 Å². The zero-order chi connectivity index (χ0) is 8.43. The molecule has 0 aliphatic carbocycles. The number of carbonyl (C=O) groups is 2. The number of hydrogen-bond acceptors (Lipinski definition) is 4. The second kappa shape index (κ2) is 2.57. The summed E-state index contributed by atoms with van der Waals surface area (Å²) < 4.78 is 0. The van der Waals surface area contributed by atoms with Crippen LogP contribution in [0.3, 0.4) is 0 Å². The number of nitrogens with one attached hydrogen (secondary N) is 1. The summed E-state index contributed by atoms with van der Waals surface area (Å²) >= 11 is 0. The average Bonchev–Trinajstić information content (AvgIpc) is 1.99. The van der Waals surface area contributed by atoms with Crippen molar-refractivity contribution in [2.75, 3.05) is 7.05 Å². The predicted molar refractivity (Wildman–Crippen MR) is 37.5 cm³/mol. The molecule has 1 saturated heterocycles. The van der Waals surface area contributed by atoms with Crippen molar-refractivity contribution >= 4 is 17.8 Å². The molecule has 6 heteroatoms. The Hall–Kier alpha value is -1.59. The molecular formula is C5H8N4O2. The molecule has 1 aliphatic rings. The Bertz CT molecular complexity index is 215. The van der Waals surface area contributed by atoms with E-state index in [-0.39, 0.29) is 18.2 Å². The van der Waals surface area contributed by atoms with Crippen LogP contribution >= 0.6 is 0 Å². The zero-order valence-electron chi connectivity index (χ0n) is 6.00. The third-order valence-electron chi connectivity index (χ3n) is 1.40. The summed E-state index contributed by atoms with van der Waals surface area (Å²) in [5.74, 6) is 4.77. The Morgan fingerprint density at radius 3 is 2.73 bits per heavy atom. The third-order valence-corrected chi connectivity index (χ3v) is 1.40. The van der Waals surface area contributed by atoms with Crippen LogP contribution in [-0.4, -0.2) is 29.7 Å². The fraction of sp³-hybridized carbons (Fsp3) is 0.400. The van der Waals surface area contributed by atoms with E-state index in [2.05, 4.69) is 10.4 Å². The normalized spacial score (nSPS) is 22.3. The third kappa shape index (κ3) is 1.28. The molecule has 0 aromatic carbocycles. The highest BCUT2D eigenvalue weighted by atomic mass is 16.2. The number of rotatable bonds is 0. The summed E-state index contributed by atoms with van der Waals surface area (Å²) in [7, 11) is 1.39. The maximum atomic E-state index is 10.9. The molecule has 0 aromatic heterocycles. The zero-order valence-corrected chi connectivity index (χ0v) is 6.00. The van der Waals surface area contributed by atoms with Gasteiger partial charge in [0, 0.05) is 7.05 Å². The van der Waals surface area contributed by atoms with Crippen molar-refractivity contribution in [3.05, 3.63) is 0 Å². The molecule has 60 valence electrons. The van der Waals surface area contributed by atoms with Crippen LogP contribution in [-0.2, 0) is 4.79 Å². The number of amidine groups is 1. The molecule has 3 N–H and O–H groups in total. The van der Waals surface area contributed by atoms with Crippen LogP contribution in [0.4, 0.5) is 4.79 Å². The van der Waals surface area contributed by atoms with Gasteiger partial charge in [0.05, 0.1) is 6.42 Å². The van der Waals surface area contributed by atoms with E-state index in [1.54, 1.807) is 0 Å². The van der Waals surface area contributed by atoms with Crippen LogP contribution in [0.5, 0.6) is 0 Å². The predicted octanol–water partition coefficient (Wildman–Crippen LogP) is -1.17. The first kappa shape index (κ1) is 7.52. The van der Waals surface area contributed by atoms with Gasteiger partial charge in [0.2, 0.25) is 5.91 Å². The van der Waals surface area contributed by atoms with Crippen LogP contribution in [0.2, 0.25) is 0 Å². The van der Waals surface area contributed by atoms with Crippen LogP contribution in [0, 0.1) is 0 Å². The highest BCUT2D eigenvalue weighted by molar-refractivity contribution is 6.15. The Morgan fingerprint density at radius 1 is 1.64 bits per heavy atom. The van der Waals surface area contributed by atoms with E-state index in [0.29, 0.717) is 0 Å². The van der Waals surface area contributed by atoms with E-state index in [1.165, 1.54) is 7.05 Å². The molecule has 1 fully saturated rings. The number of nitrogens with zero attached hydrogens (tertiary/aromatic N) is 2. The smallest absolute Gasteiger partial charge is 0.322 e.